The minimum Gasteiger partial charge on any atom is -0.497 e. The van der Waals surface area contributed by atoms with Crippen molar-refractivity contribution in [2.75, 3.05) is 39.8 Å². The molecule has 116 valence electrons. The summed E-state index contributed by atoms with van der Waals surface area (Å²) in [4.78, 5) is 16.5. The van der Waals surface area contributed by atoms with Gasteiger partial charge in [-0.2, -0.15) is 0 Å². The van der Waals surface area contributed by atoms with Gasteiger partial charge in [-0.05, 0) is 24.6 Å². The van der Waals surface area contributed by atoms with E-state index in [0.29, 0.717) is 30.9 Å². The van der Waals surface area contributed by atoms with Gasteiger partial charge in [-0.15, -0.1) is 0 Å². The number of ether oxygens (including phenoxy) is 1. The molecule has 1 aliphatic rings. The van der Waals surface area contributed by atoms with Crippen LogP contribution in [0.2, 0.25) is 0 Å². The summed E-state index contributed by atoms with van der Waals surface area (Å²) in [7, 11) is 1.60. The molecule has 0 aromatic heterocycles. The molecule has 0 bridgehead atoms. The Bertz CT molecular complexity index is 470. The van der Waals surface area contributed by atoms with E-state index in [9.17, 15) is 9.90 Å². The standard InChI is InChI=1S/C16H24N2O3/c1-3-14(19)12-17-7-9-18(10-8-17)16(20)13-5-4-6-15(11-13)21-2/h4-6,11,14,19H,3,7-10,12H2,1-2H3. The highest BCUT2D eigenvalue weighted by Crippen LogP contribution is 2.15. The molecule has 0 saturated carbocycles. The maximum absolute atomic E-state index is 12.5. The number of hydrogen-bond donors (Lipinski definition) is 1. The number of nitrogens with zero attached hydrogens (tertiary/aromatic N) is 2. The van der Waals surface area contributed by atoms with E-state index in [-0.39, 0.29) is 12.0 Å². The van der Waals surface area contributed by atoms with E-state index in [2.05, 4.69) is 4.90 Å². The van der Waals surface area contributed by atoms with Gasteiger partial charge in [0.15, 0.2) is 0 Å². The van der Waals surface area contributed by atoms with Crippen molar-refractivity contribution in [3.8, 4) is 5.75 Å². The lowest BCUT2D eigenvalue weighted by Crippen LogP contribution is -2.50. The molecule has 1 N–H and O–H groups in total. The van der Waals surface area contributed by atoms with Crippen LogP contribution in [0.25, 0.3) is 0 Å². The number of aliphatic hydroxyl groups excluding tert-OH is 1. The molecule has 1 unspecified atom stereocenters. The van der Waals surface area contributed by atoms with Crippen LogP contribution in [0.3, 0.4) is 0 Å². The van der Waals surface area contributed by atoms with Crippen LogP contribution in [-0.2, 0) is 0 Å². The molecule has 1 fully saturated rings. The maximum atomic E-state index is 12.5. The number of amides is 1. The molecule has 1 heterocycles. The SMILES string of the molecule is CCC(O)CN1CCN(C(=O)c2cccc(OC)c2)CC1. The average Bonchev–Trinajstić information content (AvgIpc) is 2.54. The summed E-state index contributed by atoms with van der Waals surface area (Å²) >= 11 is 0. The largest absolute Gasteiger partial charge is 0.497 e. The quantitative estimate of drug-likeness (QED) is 0.887. The Balaban J connectivity index is 1.90. The number of aliphatic hydroxyl groups is 1. The predicted molar refractivity (Wildman–Crippen MR) is 81.6 cm³/mol. The molecule has 5 nitrogen and oxygen atoms in total. The fraction of sp³-hybridized carbons (Fsp3) is 0.562. The minimum atomic E-state index is -0.273. The normalized spacial score (nSPS) is 17.6. The van der Waals surface area contributed by atoms with Gasteiger partial charge in [0.05, 0.1) is 13.2 Å². The number of hydrogen-bond acceptors (Lipinski definition) is 4. The third-order valence-electron chi connectivity index (χ3n) is 3.92. The minimum absolute atomic E-state index is 0.0459. The summed E-state index contributed by atoms with van der Waals surface area (Å²) in [6.45, 7) is 5.70. The lowest BCUT2D eigenvalue weighted by molar-refractivity contribution is 0.0523. The highest BCUT2D eigenvalue weighted by atomic mass is 16.5. The first kappa shape index (κ1) is 15.8. The van der Waals surface area contributed by atoms with Crippen LogP contribution in [-0.4, -0.2) is 66.8 Å². The highest BCUT2D eigenvalue weighted by Gasteiger charge is 2.23. The summed E-state index contributed by atoms with van der Waals surface area (Å²) in [6, 6.07) is 7.26. The first-order valence-corrected chi connectivity index (χ1v) is 7.47. The van der Waals surface area contributed by atoms with Crippen molar-refractivity contribution in [1.29, 1.82) is 0 Å². The van der Waals surface area contributed by atoms with Gasteiger partial charge in [-0.3, -0.25) is 9.69 Å². The summed E-state index contributed by atoms with van der Waals surface area (Å²) in [5, 5.41) is 9.68. The Hall–Kier alpha value is -1.59. The van der Waals surface area contributed by atoms with Gasteiger partial charge < -0.3 is 14.7 Å². The Morgan fingerprint density at radius 3 is 2.67 bits per heavy atom. The Morgan fingerprint density at radius 1 is 1.33 bits per heavy atom. The third-order valence-corrected chi connectivity index (χ3v) is 3.92. The van der Waals surface area contributed by atoms with Gasteiger partial charge in [0.1, 0.15) is 5.75 Å². The van der Waals surface area contributed by atoms with Crippen LogP contribution >= 0.6 is 0 Å². The second kappa shape index (κ2) is 7.43. The zero-order valence-corrected chi connectivity index (χ0v) is 12.8. The number of β-amino-alcohol motifs (C(OH)–C–C–N with tert-alkyl or cyclic N) is 1. The van der Waals surface area contributed by atoms with Crippen LogP contribution in [0.1, 0.15) is 23.7 Å². The maximum Gasteiger partial charge on any atom is 0.254 e. The molecular weight excluding hydrogens is 268 g/mol. The molecule has 1 aromatic carbocycles. The monoisotopic (exact) mass is 292 g/mol. The summed E-state index contributed by atoms with van der Waals surface area (Å²) < 4.78 is 5.16. The van der Waals surface area contributed by atoms with Crippen LogP contribution in [0.5, 0.6) is 5.75 Å². The summed E-state index contributed by atoms with van der Waals surface area (Å²) in [5.41, 5.74) is 0.663. The van der Waals surface area contributed by atoms with Crippen molar-refractivity contribution in [3.05, 3.63) is 29.8 Å². The van der Waals surface area contributed by atoms with Crippen molar-refractivity contribution in [2.45, 2.75) is 19.4 Å². The predicted octanol–water partition coefficient (Wildman–Crippen LogP) is 1.22. The molecule has 1 aromatic rings. The van der Waals surface area contributed by atoms with Crippen molar-refractivity contribution in [1.82, 2.24) is 9.80 Å². The average molecular weight is 292 g/mol. The van der Waals surface area contributed by atoms with Crippen molar-refractivity contribution in [2.24, 2.45) is 0 Å². The van der Waals surface area contributed by atoms with E-state index in [1.165, 1.54) is 0 Å². The van der Waals surface area contributed by atoms with Gasteiger partial charge in [0.25, 0.3) is 5.91 Å². The smallest absolute Gasteiger partial charge is 0.254 e. The molecule has 0 spiro atoms. The van der Waals surface area contributed by atoms with E-state index in [4.69, 9.17) is 4.74 Å². The summed E-state index contributed by atoms with van der Waals surface area (Å²) in [6.07, 6.45) is 0.494. The van der Waals surface area contributed by atoms with E-state index < -0.39 is 0 Å². The Morgan fingerprint density at radius 2 is 2.05 bits per heavy atom. The number of methoxy groups -OCH3 is 1. The first-order chi connectivity index (χ1) is 10.1. The molecule has 21 heavy (non-hydrogen) atoms. The zero-order valence-electron chi connectivity index (χ0n) is 12.8. The lowest BCUT2D eigenvalue weighted by Gasteiger charge is -2.35. The van der Waals surface area contributed by atoms with Gasteiger partial charge in [-0.1, -0.05) is 13.0 Å². The van der Waals surface area contributed by atoms with E-state index in [1.807, 2.05) is 30.0 Å². The molecule has 1 saturated heterocycles. The molecular formula is C16H24N2O3. The second-order valence-corrected chi connectivity index (χ2v) is 5.39. The zero-order chi connectivity index (χ0) is 15.2. The number of benzene rings is 1. The van der Waals surface area contributed by atoms with Gasteiger partial charge >= 0.3 is 0 Å². The number of piperazine rings is 1. The molecule has 1 aliphatic heterocycles. The molecule has 2 rings (SSSR count). The van der Waals surface area contributed by atoms with Crippen LogP contribution < -0.4 is 4.74 Å². The van der Waals surface area contributed by atoms with Crippen molar-refractivity contribution >= 4 is 5.91 Å². The van der Waals surface area contributed by atoms with Gasteiger partial charge in [0.2, 0.25) is 0 Å². The van der Waals surface area contributed by atoms with E-state index >= 15 is 0 Å². The Kier molecular flexibility index (Phi) is 5.59. The topological polar surface area (TPSA) is 53.0 Å². The fourth-order valence-corrected chi connectivity index (χ4v) is 2.50. The lowest BCUT2D eigenvalue weighted by atomic mass is 10.1. The van der Waals surface area contributed by atoms with Crippen LogP contribution in [0.15, 0.2) is 24.3 Å². The van der Waals surface area contributed by atoms with Crippen LogP contribution in [0, 0.1) is 0 Å². The molecule has 0 aliphatic carbocycles. The van der Waals surface area contributed by atoms with Crippen molar-refractivity contribution in [3.63, 3.8) is 0 Å². The number of carbonyl (C=O) groups excluding carboxylic acids is 1. The van der Waals surface area contributed by atoms with Gasteiger partial charge in [0, 0.05) is 38.3 Å². The van der Waals surface area contributed by atoms with E-state index in [1.54, 1.807) is 13.2 Å². The highest BCUT2D eigenvalue weighted by molar-refractivity contribution is 5.94. The second-order valence-electron chi connectivity index (χ2n) is 5.39. The van der Waals surface area contributed by atoms with Crippen LogP contribution in [0.4, 0.5) is 0 Å². The van der Waals surface area contributed by atoms with Gasteiger partial charge in [-0.25, -0.2) is 0 Å². The molecule has 0 radical (unpaired) electrons. The molecule has 1 amide bonds. The molecule has 1 atom stereocenters. The van der Waals surface area contributed by atoms with E-state index in [0.717, 1.165) is 19.5 Å². The fourth-order valence-electron chi connectivity index (χ4n) is 2.50. The third kappa shape index (κ3) is 4.19. The summed E-state index contributed by atoms with van der Waals surface area (Å²) in [5.74, 6) is 0.746. The number of rotatable bonds is 5. The first-order valence-electron chi connectivity index (χ1n) is 7.47. The molecule has 5 heteroatoms. The van der Waals surface area contributed by atoms with Crippen molar-refractivity contribution < 1.29 is 14.6 Å². The number of carbonyl (C=O) groups is 1. The Labute approximate surface area is 126 Å².